The Bertz CT molecular complexity index is 1820. The van der Waals surface area contributed by atoms with Crippen LogP contribution in [0.2, 0.25) is 0 Å². The summed E-state index contributed by atoms with van der Waals surface area (Å²) in [5, 5.41) is 10.9. The number of ether oxygens (including phenoxy) is 2. The van der Waals surface area contributed by atoms with Crippen LogP contribution in [-0.2, 0) is 19.6 Å². The van der Waals surface area contributed by atoms with E-state index in [4.69, 9.17) is 18.9 Å². The van der Waals surface area contributed by atoms with Gasteiger partial charge >= 0.3 is 0 Å². The zero-order valence-corrected chi connectivity index (χ0v) is 24.4. The molecule has 44 heavy (non-hydrogen) atoms. The maximum Gasteiger partial charge on any atom is 0.231 e. The predicted molar refractivity (Wildman–Crippen MR) is 169 cm³/mol. The molecule has 6 rings (SSSR count). The molecule has 0 saturated carbocycles. The highest BCUT2D eigenvalue weighted by molar-refractivity contribution is 5.89. The van der Waals surface area contributed by atoms with E-state index < -0.39 is 0 Å². The van der Waals surface area contributed by atoms with Crippen molar-refractivity contribution in [1.82, 2.24) is 19.9 Å². The van der Waals surface area contributed by atoms with Gasteiger partial charge in [0.15, 0.2) is 5.58 Å². The van der Waals surface area contributed by atoms with E-state index in [0.717, 1.165) is 22.5 Å². The van der Waals surface area contributed by atoms with E-state index in [1.165, 1.54) is 0 Å². The SMILES string of the molecule is COc1cc(-c2nc3ccccc3o2)c(OC)cc1/C=N/c1c(O)cccc1CN(Cc1ccccn1)Cc1ccccn1. The van der Waals surface area contributed by atoms with Crippen LogP contribution in [0.15, 0.2) is 113 Å². The van der Waals surface area contributed by atoms with Crippen LogP contribution in [0.25, 0.3) is 22.6 Å². The number of aliphatic imine (C=N–C) groups is 1. The number of aromatic nitrogens is 3. The lowest BCUT2D eigenvalue weighted by atomic mass is 10.1. The number of nitrogens with zero attached hydrogens (tertiary/aromatic N) is 5. The van der Waals surface area contributed by atoms with Crippen molar-refractivity contribution in [1.29, 1.82) is 0 Å². The summed E-state index contributed by atoms with van der Waals surface area (Å²) in [5.41, 5.74) is 5.93. The molecule has 0 aliphatic heterocycles. The average Bonchev–Trinajstić information content (AvgIpc) is 3.49. The summed E-state index contributed by atoms with van der Waals surface area (Å²) in [7, 11) is 3.18. The van der Waals surface area contributed by atoms with Gasteiger partial charge in [-0.15, -0.1) is 0 Å². The van der Waals surface area contributed by atoms with Crippen LogP contribution in [0.4, 0.5) is 5.69 Å². The molecule has 220 valence electrons. The minimum atomic E-state index is 0.0726. The first-order valence-corrected chi connectivity index (χ1v) is 14.1. The summed E-state index contributed by atoms with van der Waals surface area (Å²) in [6.45, 7) is 1.70. The number of phenols is 1. The van der Waals surface area contributed by atoms with Gasteiger partial charge in [-0.25, -0.2) is 4.98 Å². The van der Waals surface area contributed by atoms with Crippen LogP contribution in [0.3, 0.4) is 0 Å². The largest absolute Gasteiger partial charge is 0.506 e. The lowest BCUT2D eigenvalue weighted by Gasteiger charge is -2.23. The number of hydrogen-bond donors (Lipinski definition) is 1. The van der Waals surface area contributed by atoms with E-state index in [1.807, 2.05) is 84.9 Å². The number of benzene rings is 3. The topological polar surface area (TPSA) is 106 Å². The minimum Gasteiger partial charge on any atom is -0.506 e. The number of methoxy groups -OCH3 is 2. The first kappa shape index (κ1) is 28.6. The molecule has 1 N–H and O–H groups in total. The van der Waals surface area contributed by atoms with Crippen LogP contribution in [0.1, 0.15) is 22.5 Å². The summed E-state index contributed by atoms with van der Waals surface area (Å²) < 4.78 is 17.4. The first-order valence-electron chi connectivity index (χ1n) is 14.1. The molecule has 3 heterocycles. The average molecular weight is 586 g/mol. The van der Waals surface area contributed by atoms with Crippen LogP contribution >= 0.6 is 0 Å². The molecule has 3 aromatic carbocycles. The number of hydrogen-bond acceptors (Lipinski definition) is 9. The fraction of sp³-hybridized carbons (Fsp3) is 0.143. The lowest BCUT2D eigenvalue weighted by Crippen LogP contribution is -2.23. The van der Waals surface area contributed by atoms with Gasteiger partial charge in [-0.05, 0) is 60.2 Å². The molecule has 0 atom stereocenters. The van der Waals surface area contributed by atoms with Gasteiger partial charge in [0, 0.05) is 43.8 Å². The quantitative estimate of drug-likeness (QED) is 0.163. The third-order valence-corrected chi connectivity index (χ3v) is 7.12. The minimum absolute atomic E-state index is 0.0726. The zero-order chi connectivity index (χ0) is 30.3. The van der Waals surface area contributed by atoms with E-state index in [9.17, 15) is 5.11 Å². The second kappa shape index (κ2) is 13.2. The molecule has 0 saturated heterocycles. The smallest absolute Gasteiger partial charge is 0.231 e. The molecule has 0 bridgehead atoms. The first-order chi connectivity index (χ1) is 21.6. The van der Waals surface area contributed by atoms with Crippen molar-refractivity contribution in [3.05, 3.63) is 126 Å². The summed E-state index contributed by atoms with van der Waals surface area (Å²) >= 11 is 0. The van der Waals surface area contributed by atoms with Crippen LogP contribution in [0, 0.1) is 0 Å². The Labute approximate surface area is 255 Å². The number of aromatic hydroxyl groups is 1. The molecule has 0 spiro atoms. The van der Waals surface area contributed by atoms with Crippen molar-refractivity contribution in [2.24, 2.45) is 4.99 Å². The van der Waals surface area contributed by atoms with E-state index in [-0.39, 0.29) is 5.75 Å². The fourth-order valence-corrected chi connectivity index (χ4v) is 5.02. The van der Waals surface area contributed by atoms with Crippen molar-refractivity contribution in [3.63, 3.8) is 0 Å². The van der Waals surface area contributed by atoms with E-state index in [0.29, 0.717) is 59.4 Å². The van der Waals surface area contributed by atoms with Crippen molar-refractivity contribution in [2.45, 2.75) is 19.6 Å². The van der Waals surface area contributed by atoms with Crippen molar-refractivity contribution < 1.29 is 19.0 Å². The lowest BCUT2D eigenvalue weighted by molar-refractivity contribution is 0.242. The Morgan fingerprint density at radius 1 is 0.795 bits per heavy atom. The molecule has 0 aliphatic rings. The Morgan fingerprint density at radius 2 is 1.50 bits per heavy atom. The highest BCUT2D eigenvalue weighted by Gasteiger charge is 2.18. The van der Waals surface area contributed by atoms with Gasteiger partial charge in [0.25, 0.3) is 0 Å². The molecule has 9 nitrogen and oxygen atoms in total. The van der Waals surface area contributed by atoms with Crippen molar-refractivity contribution >= 4 is 23.0 Å². The summed E-state index contributed by atoms with van der Waals surface area (Å²) in [5.74, 6) is 1.60. The van der Waals surface area contributed by atoms with Crippen LogP contribution in [-0.4, -0.2) is 45.4 Å². The number of para-hydroxylation sites is 3. The summed E-state index contributed by atoms with van der Waals surface area (Å²) in [6, 6.07) is 28.4. The fourth-order valence-electron chi connectivity index (χ4n) is 5.02. The van der Waals surface area contributed by atoms with Crippen LogP contribution in [0.5, 0.6) is 17.2 Å². The third-order valence-electron chi connectivity index (χ3n) is 7.12. The highest BCUT2D eigenvalue weighted by Crippen LogP contribution is 2.38. The number of rotatable bonds is 11. The maximum atomic E-state index is 10.9. The monoisotopic (exact) mass is 585 g/mol. The number of fused-ring (bicyclic) bond motifs is 1. The van der Waals surface area contributed by atoms with Gasteiger partial charge in [0.1, 0.15) is 28.5 Å². The molecule has 9 heteroatoms. The van der Waals surface area contributed by atoms with E-state index in [1.54, 1.807) is 38.9 Å². The van der Waals surface area contributed by atoms with Gasteiger partial charge in [0.2, 0.25) is 5.89 Å². The normalized spacial score (nSPS) is 11.4. The number of oxazole rings is 1. The number of phenolic OH excluding ortho intramolecular Hbond substituents is 1. The predicted octanol–water partition coefficient (Wildman–Crippen LogP) is 6.96. The van der Waals surface area contributed by atoms with E-state index >= 15 is 0 Å². The van der Waals surface area contributed by atoms with Crippen molar-refractivity contribution in [2.75, 3.05) is 14.2 Å². The molecule has 0 radical (unpaired) electrons. The second-order valence-electron chi connectivity index (χ2n) is 10.1. The second-order valence-corrected chi connectivity index (χ2v) is 10.1. The molecule has 0 aliphatic carbocycles. The molecule has 3 aromatic heterocycles. The van der Waals surface area contributed by atoms with Crippen LogP contribution < -0.4 is 9.47 Å². The molecule has 0 fully saturated rings. The molecule has 0 amide bonds. The van der Waals surface area contributed by atoms with Gasteiger partial charge in [-0.1, -0.05) is 36.4 Å². The van der Waals surface area contributed by atoms with Gasteiger partial charge in [0.05, 0.1) is 31.2 Å². The Hall–Kier alpha value is -5.54. The highest BCUT2D eigenvalue weighted by atomic mass is 16.5. The standard InChI is InChI=1S/C35H31N5O4/c1-42-32-19-28(35-39-29-13-3-4-15-31(29)44-35)33(43-2)18-25(32)20-38-34-24(10-9-14-30(34)41)21-40(22-26-11-5-7-16-36-26)23-27-12-6-8-17-37-27/h3-20,41H,21-23H2,1-2H3/b38-20+. The molecule has 6 aromatic rings. The maximum absolute atomic E-state index is 10.9. The molecule has 0 unspecified atom stereocenters. The Morgan fingerprint density at radius 3 is 2.16 bits per heavy atom. The van der Waals surface area contributed by atoms with E-state index in [2.05, 4.69) is 19.9 Å². The number of pyridine rings is 2. The Kier molecular flexibility index (Phi) is 8.56. The van der Waals surface area contributed by atoms with Gasteiger partial charge < -0.3 is 19.0 Å². The summed E-state index contributed by atoms with van der Waals surface area (Å²) in [4.78, 5) is 20.6. The zero-order valence-electron chi connectivity index (χ0n) is 24.4. The summed E-state index contributed by atoms with van der Waals surface area (Å²) in [6.07, 6.45) is 5.24. The Balaban J connectivity index is 1.32. The van der Waals surface area contributed by atoms with Crippen molar-refractivity contribution in [3.8, 4) is 28.7 Å². The molecular weight excluding hydrogens is 554 g/mol. The van der Waals surface area contributed by atoms with Gasteiger partial charge in [-0.3, -0.25) is 19.9 Å². The van der Waals surface area contributed by atoms with Gasteiger partial charge in [-0.2, -0.15) is 0 Å². The molecular formula is C35H31N5O4. The third kappa shape index (κ3) is 6.43.